The molecular weight excluding hydrogens is 386 g/mol. The molecule has 0 spiro atoms. The molecule has 0 aliphatic carbocycles. The van der Waals surface area contributed by atoms with Gasteiger partial charge in [0.2, 0.25) is 5.88 Å². The van der Waals surface area contributed by atoms with Gasteiger partial charge in [-0.15, -0.1) is 18.3 Å². The zero-order chi connectivity index (χ0) is 19.1. The summed E-state index contributed by atoms with van der Waals surface area (Å²) in [6.07, 6.45) is 4.79. The second-order valence-corrected chi connectivity index (χ2v) is 7.27. The van der Waals surface area contributed by atoms with E-state index in [1.54, 1.807) is 41.4 Å². The normalized spacial score (nSPS) is 16.8. The van der Waals surface area contributed by atoms with Crippen LogP contribution in [0.25, 0.3) is 0 Å². The van der Waals surface area contributed by atoms with Crippen molar-refractivity contribution in [3.8, 4) is 5.88 Å². The summed E-state index contributed by atoms with van der Waals surface area (Å²) >= 11 is 7.32. The van der Waals surface area contributed by atoms with Gasteiger partial charge >= 0.3 is 0 Å². The van der Waals surface area contributed by atoms with E-state index < -0.39 is 0 Å². The minimum atomic E-state index is -0.221. The molecule has 3 rings (SSSR count). The van der Waals surface area contributed by atoms with E-state index in [9.17, 15) is 4.79 Å². The third-order valence-corrected chi connectivity index (χ3v) is 5.11. The fourth-order valence-corrected chi connectivity index (χ4v) is 3.44. The zero-order valence-corrected chi connectivity index (χ0v) is 16.3. The van der Waals surface area contributed by atoms with Crippen molar-refractivity contribution in [1.82, 2.24) is 14.9 Å². The Labute approximate surface area is 167 Å². The number of carbonyl (C=O) groups is 1. The molecule has 0 bridgehead atoms. The van der Waals surface area contributed by atoms with E-state index in [-0.39, 0.29) is 12.0 Å². The number of halogens is 1. The summed E-state index contributed by atoms with van der Waals surface area (Å²) in [6, 6.07) is 7.00. The van der Waals surface area contributed by atoms with Crippen molar-refractivity contribution in [2.45, 2.75) is 11.1 Å². The largest absolute Gasteiger partial charge is 0.475 e. The van der Waals surface area contributed by atoms with E-state index in [2.05, 4.69) is 16.5 Å². The molecule has 2 aromatic heterocycles. The third-order valence-electron chi connectivity index (χ3n) is 3.88. The van der Waals surface area contributed by atoms with Crippen molar-refractivity contribution < 1.29 is 14.3 Å². The monoisotopic (exact) mass is 405 g/mol. The summed E-state index contributed by atoms with van der Waals surface area (Å²) in [5, 5.41) is 1.27. The van der Waals surface area contributed by atoms with E-state index in [0.717, 1.165) is 0 Å². The van der Waals surface area contributed by atoms with Crippen molar-refractivity contribution >= 4 is 29.3 Å². The summed E-state index contributed by atoms with van der Waals surface area (Å²) < 4.78 is 11.4. The first-order chi connectivity index (χ1) is 13.2. The number of nitrogens with zero attached hydrogens (tertiary/aromatic N) is 3. The highest BCUT2D eigenvalue weighted by Gasteiger charge is 2.27. The van der Waals surface area contributed by atoms with Crippen LogP contribution in [0.3, 0.4) is 0 Å². The molecule has 2 aromatic rings. The molecule has 1 aliphatic heterocycles. The standard InChI is InChI=1S/C19H20ClN3O3S/c1-2-10-27-18-16(4-3-7-21-18)19(24)23-8-9-25-15(12-23)13-26-17-6-5-14(20)11-22-17/h2-7,11,15H,1,8-10,12-13H2. The summed E-state index contributed by atoms with van der Waals surface area (Å²) in [4.78, 5) is 23.2. The quantitative estimate of drug-likeness (QED) is 0.520. The number of morpholine rings is 1. The maximum absolute atomic E-state index is 13.0. The first-order valence-electron chi connectivity index (χ1n) is 8.51. The Kier molecular flexibility index (Phi) is 7.09. The second-order valence-electron chi connectivity index (χ2n) is 5.83. The van der Waals surface area contributed by atoms with Crippen LogP contribution in [0, 0.1) is 0 Å². The molecular formula is C19H20ClN3O3S. The van der Waals surface area contributed by atoms with Crippen LogP contribution in [-0.2, 0) is 4.74 Å². The molecule has 0 radical (unpaired) electrons. The van der Waals surface area contributed by atoms with E-state index >= 15 is 0 Å². The SMILES string of the molecule is C=CCSc1ncccc1C(=O)N1CCOC(COc2ccc(Cl)cn2)C1. The number of aromatic nitrogens is 2. The summed E-state index contributed by atoms with van der Waals surface area (Å²) in [6.45, 7) is 5.47. The number of hydrogen-bond acceptors (Lipinski definition) is 6. The molecule has 27 heavy (non-hydrogen) atoms. The molecule has 1 unspecified atom stereocenters. The molecule has 8 heteroatoms. The van der Waals surface area contributed by atoms with Gasteiger partial charge in [-0.3, -0.25) is 4.79 Å². The van der Waals surface area contributed by atoms with E-state index in [1.165, 1.54) is 18.0 Å². The van der Waals surface area contributed by atoms with Gasteiger partial charge in [-0.25, -0.2) is 9.97 Å². The van der Waals surface area contributed by atoms with Gasteiger partial charge in [0.05, 0.1) is 23.7 Å². The molecule has 142 valence electrons. The average molecular weight is 406 g/mol. The van der Waals surface area contributed by atoms with Gasteiger partial charge in [0, 0.05) is 30.8 Å². The smallest absolute Gasteiger partial charge is 0.256 e. The Morgan fingerprint density at radius 3 is 3.11 bits per heavy atom. The number of ether oxygens (including phenoxy) is 2. The summed E-state index contributed by atoms with van der Waals surface area (Å²) in [5.74, 6) is 1.12. The first kappa shape index (κ1) is 19.7. The molecule has 0 aromatic carbocycles. The Morgan fingerprint density at radius 1 is 1.44 bits per heavy atom. The van der Waals surface area contributed by atoms with Crippen LogP contribution in [0.5, 0.6) is 5.88 Å². The van der Waals surface area contributed by atoms with Crippen molar-refractivity contribution in [3.05, 3.63) is 59.9 Å². The number of amides is 1. The van der Waals surface area contributed by atoms with Gasteiger partial charge in [-0.05, 0) is 18.2 Å². The maximum atomic E-state index is 13.0. The van der Waals surface area contributed by atoms with Crippen molar-refractivity contribution in [3.63, 3.8) is 0 Å². The van der Waals surface area contributed by atoms with Crippen LogP contribution < -0.4 is 4.74 Å². The lowest BCUT2D eigenvalue weighted by molar-refractivity contribution is -0.0408. The van der Waals surface area contributed by atoms with Gasteiger partial charge in [0.1, 0.15) is 17.7 Å². The van der Waals surface area contributed by atoms with Gasteiger partial charge in [0.15, 0.2) is 0 Å². The fraction of sp³-hybridized carbons (Fsp3) is 0.316. The van der Waals surface area contributed by atoms with Crippen LogP contribution >= 0.6 is 23.4 Å². The average Bonchev–Trinajstić information content (AvgIpc) is 2.72. The summed E-state index contributed by atoms with van der Waals surface area (Å²) in [7, 11) is 0. The predicted octanol–water partition coefficient (Wildman–Crippen LogP) is 3.33. The molecule has 3 heterocycles. The molecule has 0 N–H and O–H groups in total. The number of hydrogen-bond donors (Lipinski definition) is 0. The number of thioether (sulfide) groups is 1. The maximum Gasteiger partial charge on any atom is 0.256 e. The van der Waals surface area contributed by atoms with Crippen molar-refractivity contribution in [2.75, 3.05) is 32.1 Å². The zero-order valence-electron chi connectivity index (χ0n) is 14.7. The van der Waals surface area contributed by atoms with Crippen molar-refractivity contribution in [1.29, 1.82) is 0 Å². The number of rotatable bonds is 7. The summed E-state index contributed by atoms with van der Waals surface area (Å²) in [5.41, 5.74) is 0.602. The Balaban J connectivity index is 1.61. The van der Waals surface area contributed by atoms with E-state index in [4.69, 9.17) is 21.1 Å². The van der Waals surface area contributed by atoms with Crippen LogP contribution in [0.4, 0.5) is 0 Å². The molecule has 6 nitrogen and oxygen atoms in total. The third kappa shape index (κ3) is 5.45. The highest BCUT2D eigenvalue weighted by atomic mass is 35.5. The number of pyridine rings is 2. The van der Waals surface area contributed by atoms with Crippen LogP contribution in [0.1, 0.15) is 10.4 Å². The topological polar surface area (TPSA) is 64.6 Å². The molecule has 1 aliphatic rings. The minimum Gasteiger partial charge on any atom is -0.475 e. The number of carbonyl (C=O) groups excluding carboxylic acids is 1. The molecule has 1 saturated heterocycles. The second kappa shape index (κ2) is 9.73. The fourth-order valence-electron chi connectivity index (χ4n) is 2.61. The van der Waals surface area contributed by atoms with Crippen LogP contribution in [0.15, 0.2) is 54.3 Å². The molecule has 1 fully saturated rings. The highest BCUT2D eigenvalue weighted by Crippen LogP contribution is 2.22. The van der Waals surface area contributed by atoms with Gasteiger partial charge in [0.25, 0.3) is 5.91 Å². The Hall–Kier alpha value is -2.09. The Morgan fingerprint density at radius 2 is 2.33 bits per heavy atom. The molecule has 1 atom stereocenters. The predicted molar refractivity (Wildman–Crippen MR) is 106 cm³/mol. The van der Waals surface area contributed by atoms with Crippen molar-refractivity contribution in [2.24, 2.45) is 0 Å². The highest BCUT2D eigenvalue weighted by molar-refractivity contribution is 7.99. The first-order valence-corrected chi connectivity index (χ1v) is 9.87. The molecule has 0 saturated carbocycles. The lowest BCUT2D eigenvalue weighted by atomic mass is 10.2. The van der Waals surface area contributed by atoms with Crippen LogP contribution in [0.2, 0.25) is 5.02 Å². The van der Waals surface area contributed by atoms with Crippen LogP contribution in [-0.4, -0.2) is 58.9 Å². The van der Waals surface area contributed by atoms with E-state index in [1.807, 2.05) is 0 Å². The van der Waals surface area contributed by atoms with Gasteiger partial charge in [-0.1, -0.05) is 17.7 Å². The van der Waals surface area contributed by atoms with Gasteiger partial charge < -0.3 is 14.4 Å². The lowest BCUT2D eigenvalue weighted by Crippen LogP contribution is -2.47. The lowest BCUT2D eigenvalue weighted by Gasteiger charge is -2.33. The minimum absolute atomic E-state index is 0.0485. The molecule has 1 amide bonds. The van der Waals surface area contributed by atoms with E-state index in [0.29, 0.717) is 53.5 Å². The Bertz CT molecular complexity index is 788. The van der Waals surface area contributed by atoms with Gasteiger partial charge in [-0.2, -0.15) is 0 Å².